The van der Waals surface area contributed by atoms with Gasteiger partial charge in [0.2, 0.25) is 5.88 Å². The van der Waals surface area contributed by atoms with Crippen LogP contribution in [0.25, 0.3) is 0 Å². The number of rotatable bonds is 4. The van der Waals surface area contributed by atoms with Gasteiger partial charge in [-0.15, -0.1) is 0 Å². The molecule has 1 heterocycles. The summed E-state index contributed by atoms with van der Waals surface area (Å²) >= 11 is 0. The van der Waals surface area contributed by atoms with Gasteiger partial charge in [0, 0.05) is 18.0 Å². The molecule has 4 nitrogen and oxygen atoms in total. The summed E-state index contributed by atoms with van der Waals surface area (Å²) in [6.45, 7) is 2.33. The molecule has 0 spiro atoms. The highest BCUT2D eigenvalue weighted by atomic mass is 16.5. The van der Waals surface area contributed by atoms with Gasteiger partial charge in [-0.3, -0.25) is 0 Å². The van der Waals surface area contributed by atoms with E-state index < -0.39 is 0 Å². The summed E-state index contributed by atoms with van der Waals surface area (Å²) in [5.74, 6) is 3.85. The zero-order valence-corrected chi connectivity index (χ0v) is 11.9. The molecule has 0 aromatic carbocycles. The van der Waals surface area contributed by atoms with Gasteiger partial charge in [-0.2, -0.15) is 4.98 Å². The lowest BCUT2D eigenvalue weighted by Gasteiger charge is -2.30. The second-order valence-electron chi connectivity index (χ2n) is 5.94. The van der Waals surface area contributed by atoms with Crippen molar-refractivity contribution in [3.05, 3.63) is 11.9 Å². The molecule has 0 bridgehead atoms. The number of methoxy groups -OCH3 is 1. The summed E-state index contributed by atoms with van der Waals surface area (Å²) in [5.41, 5.74) is 0. The summed E-state index contributed by atoms with van der Waals surface area (Å²) in [7, 11) is 1.67. The van der Waals surface area contributed by atoms with Crippen molar-refractivity contribution in [2.75, 3.05) is 12.4 Å². The molecule has 2 atom stereocenters. The van der Waals surface area contributed by atoms with Crippen molar-refractivity contribution >= 4 is 5.82 Å². The molecule has 0 aliphatic heterocycles. The first kappa shape index (κ1) is 12.7. The molecule has 2 unspecified atom stereocenters. The van der Waals surface area contributed by atoms with Crippen molar-refractivity contribution in [1.29, 1.82) is 0 Å². The van der Waals surface area contributed by atoms with Crippen LogP contribution in [0.1, 0.15) is 57.2 Å². The number of hydrogen-bond donors (Lipinski definition) is 1. The van der Waals surface area contributed by atoms with E-state index in [4.69, 9.17) is 4.74 Å². The quantitative estimate of drug-likeness (QED) is 0.903. The van der Waals surface area contributed by atoms with Crippen molar-refractivity contribution in [3.8, 4) is 5.88 Å². The fourth-order valence-corrected chi connectivity index (χ4v) is 2.87. The van der Waals surface area contributed by atoms with E-state index in [1.165, 1.54) is 38.5 Å². The maximum absolute atomic E-state index is 5.30. The first-order valence-electron chi connectivity index (χ1n) is 7.46. The van der Waals surface area contributed by atoms with Crippen molar-refractivity contribution in [1.82, 2.24) is 9.97 Å². The van der Waals surface area contributed by atoms with Crippen LogP contribution in [0.15, 0.2) is 6.07 Å². The van der Waals surface area contributed by atoms with Gasteiger partial charge in [0.15, 0.2) is 0 Å². The molecule has 1 N–H and O–H groups in total. The van der Waals surface area contributed by atoms with E-state index in [9.17, 15) is 0 Å². The first-order chi connectivity index (χ1) is 9.26. The van der Waals surface area contributed by atoms with E-state index in [2.05, 4.69) is 22.2 Å². The zero-order chi connectivity index (χ0) is 13.2. The minimum absolute atomic E-state index is 0.542. The SMILES string of the molecule is COc1cc(NC2CCCCC2C)nc(C2CC2)n1. The Morgan fingerprint density at radius 3 is 2.63 bits per heavy atom. The number of anilines is 1. The van der Waals surface area contributed by atoms with E-state index in [1.54, 1.807) is 7.11 Å². The van der Waals surface area contributed by atoms with Gasteiger partial charge in [0.1, 0.15) is 11.6 Å². The predicted molar refractivity (Wildman–Crippen MR) is 75.6 cm³/mol. The Bertz CT molecular complexity index is 445. The minimum Gasteiger partial charge on any atom is -0.481 e. The number of ether oxygens (including phenoxy) is 1. The molecule has 0 radical (unpaired) electrons. The van der Waals surface area contributed by atoms with Crippen LogP contribution in [-0.2, 0) is 0 Å². The average molecular weight is 261 g/mol. The summed E-state index contributed by atoms with van der Waals surface area (Å²) in [5, 5.41) is 3.60. The lowest BCUT2D eigenvalue weighted by Crippen LogP contribution is -2.30. The number of aromatic nitrogens is 2. The molecule has 2 fully saturated rings. The van der Waals surface area contributed by atoms with Gasteiger partial charge in [0.25, 0.3) is 0 Å². The lowest BCUT2D eigenvalue weighted by molar-refractivity contribution is 0.348. The Kier molecular flexibility index (Phi) is 3.58. The summed E-state index contributed by atoms with van der Waals surface area (Å²) in [6, 6.07) is 2.47. The maximum Gasteiger partial charge on any atom is 0.218 e. The standard InChI is InChI=1S/C15H23N3O/c1-10-5-3-4-6-12(10)16-13-9-14(19-2)18-15(17-13)11-7-8-11/h9-12H,3-8H2,1-2H3,(H,16,17,18). The van der Waals surface area contributed by atoms with Gasteiger partial charge in [-0.05, 0) is 31.6 Å². The molecule has 104 valence electrons. The molecular weight excluding hydrogens is 238 g/mol. The molecule has 0 saturated heterocycles. The Labute approximate surface area is 115 Å². The fourth-order valence-electron chi connectivity index (χ4n) is 2.87. The van der Waals surface area contributed by atoms with Gasteiger partial charge in [0.05, 0.1) is 7.11 Å². The van der Waals surface area contributed by atoms with E-state index in [0.717, 1.165) is 17.6 Å². The van der Waals surface area contributed by atoms with Crippen LogP contribution in [0, 0.1) is 5.92 Å². The van der Waals surface area contributed by atoms with Crippen LogP contribution in [0.5, 0.6) is 5.88 Å². The second kappa shape index (κ2) is 5.35. The largest absolute Gasteiger partial charge is 0.481 e. The third-order valence-electron chi connectivity index (χ3n) is 4.32. The topological polar surface area (TPSA) is 47.0 Å². The molecule has 4 heteroatoms. The monoisotopic (exact) mass is 261 g/mol. The molecular formula is C15H23N3O. The van der Waals surface area contributed by atoms with Gasteiger partial charge >= 0.3 is 0 Å². The molecule has 1 aromatic heterocycles. The van der Waals surface area contributed by atoms with Crippen molar-refractivity contribution in [2.45, 2.75) is 57.4 Å². The summed E-state index contributed by atoms with van der Waals surface area (Å²) in [4.78, 5) is 9.12. The summed E-state index contributed by atoms with van der Waals surface area (Å²) in [6.07, 6.45) is 7.67. The minimum atomic E-state index is 0.542. The Morgan fingerprint density at radius 2 is 1.95 bits per heavy atom. The third kappa shape index (κ3) is 2.99. The van der Waals surface area contributed by atoms with Crippen LogP contribution < -0.4 is 10.1 Å². The number of nitrogens with one attached hydrogen (secondary N) is 1. The van der Waals surface area contributed by atoms with Gasteiger partial charge in [-0.25, -0.2) is 4.98 Å². The molecule has 2 aliphatic rings. The zero-order valence-electron chi connectivity index (χ0n) is 11.9. The Hall–Kier alpha value is -1.32. The van der Waals surface area contributed by atoms with E-state index >= 15 is 0 Å². The first-order valence-corrected chi connectivity index (χ1v) is 7.46. The summed E-state index contributed by atoms with van der Waals surface area (Å²) < 4.78 is 5.30. The molecule has 2 saturated carbocycles. The lowest BCUT2D eigenvalue weighted by atomic mass is 9.86. The molecule has 2 aliphatic carbocycles. The van der Waals surface area contributed by atoms with E-state index in [-0.39, 0.29) is 0 Å². The Balaban J connectivity index is 1.77. The highest BCUT2D eigenvalue weighted by Gasteiger charge is 2.28. The number of hydrogen-bond acceptors (Lipinski definition) is 4. The average Bonchev–Trinajstić information content (AvgIpc) is 3.25. The predicted octanol–water partition coefficient (Wildman–Crippen LogP) is 3.35. The Morgan fingerprint density at radius 1 is 1.16 bits per heavy atom. The van der Waals surface area contributed by atoms with Crippen molar-refractivity contribution in [3.63, 3.8) is 0 Å². The highest BCUT2D eigenvalue weighted by molar-refractivity contribution is 5.40. The third-order valence-corrected chi connectivity index (χ3v) is 4.32. The molecule has 0 amide bonds. The van der Waals surface area contributed by atoms with Crippen LogP contribution >= 0.6 is 0 Å². The van der Waals surface area contributed by atoms with Crippen LogP contribution in [0.2, 0.25) is 0 Å². The van der Waals surface area contributed by atoms with Crippen molar-refractivity contribution < 1.29 is 4.74 Å². The highest BCUT2D eigenvalue weighted by Crippen LogP contribution is 2.39. The fraction of sp³-hybridized carbons (Fsp3) is 0.733. The second-order valence-corrected chi connectivity index (χ2v) is 5.94. The van der Waals surface area contributed by atoms with E-state index in [1.807, 2.05) is 6.07 Å². The number of nitrogens with zero attached hydrogens (tertiary/aromatic N) is 2. The van der Waals surface area contributed by atoms with Gasteiger partial charge in [-0.1, -0.05) is 19.8 Å². The molecule has 19 heavy (non-hydrogen) atoms. The molecule has 3 rings (SSSR count). The smallest absolute Gasteiger partial charge is 0.218 e. The van der Waals surface area contributed by atoms with Gasteiger partial charge < -0.3 is 10.1 Å². The normalized spacial score (nSPS) is 27.1. The molecule has 1 aromatic rings. The van der Waals surface area contributed by atoms with Crippen LogP contribution in [0.4, 0.5) is 5.82 Å². The van der Waals surface area contributed by atoms with Crippen LogP contribution in [0.3, 0.4) is 0 Å². The van der Waals surface area contributed by atoms with Crippen molar-refractivity contribution in [2.24, 2.45) is 5.92 Å². The van der Waals surface area contributed by atoms with Crippen LogP contribution in [-0.4, -0.2) is 23.1 Å². The maximum atomic E-state index is 5.30. The van der Waals surface area contributed by atoms with E-state index in [0.29, 0.717) is 17.8 Å².